The molecule has 0 rings (SSSR count). The largest absolute Gasteiger partial charge is 0.466 e. The van der Waals surface area contributed by atoms with Gasteiger partial charge in [-0.25, -0.2) is 0 Å². The molecule has 0 aliphatic carbocycles. The van der Waals surface area contributed by atoms with Crippen LogP contribution in [0.2, 0.25) is 0 Å². The Morgan fingerprint density at radius 1 is 1.50 bits per heavy atom. The molecule has 0 bridgehead atoms. The fourth-order valence-corrected chi connectivity index (χ4v) is 0.552. The maximum absolute atomic E-state index is 9.82. The summed E-state index contributed by atoms with van der Waals surface area (Å²) in [5, 5.41) is 0. The van der Waals surface area contributed by atoms with Crippen molar-refractivity contribution >= 4 is 5.97 Å². The Morgan fingerprint density at radius 3 is 2.17 bits per heavy atom. The van der Waals surface area contributed by atoms with Crippen LogP contribution in [0.4, 0.5) is 0 Å². The van der Waals surface area contributed by atoms with Crippen molar-refractivity contribution in [2.24, 2.45) is 0 Å². The SMILES string of the molecule is C=CCCCC.CCOC(C)=O. The third-order valence-electron chi connectivity index (χ3n) is 1.11. The van der Waals surface area contributed by atoms with Crippen LogP contribution in [0.1, 0.15) is 40.0 Å². The molecule has 0 aliphatic heterocycles. The molecule has 0 heterocycles. The molecule has 72 valence electrons. The van der Waals surface area contributed by atoms with E-state index < -0.39 is 0 Å². The lowest BCUT2D eigenvalue weighted by Crippen LogP contribution is -1.95. The van der Waals surface area contributed by atoms with Crippen molar-refractivity contribution in [2.45, 2.75) is 40.0 Å². The number of hydrogen-bond donors (Lipinski definition) is 0. The van der Waals surface area contributed by atoms with Gasteiger partial charge in [-0.1, -0.05) is 25.8 Å². The van der Waals surface area contributed by atoms with Gasteiger partial charge in [0.1, 0.15) is 0 Å². The van der Waals surface area contributed by atoms with Crippen molar-refractivity contribution in [3.8, 4) is 0 Å². The fraction of sp³-hybridized carbons (Fsp3) is 0.700. The highest BCUT2D eigenvalue weighted by molar-refractivity contribution is 5.65. The predicted molar refractivity (Wildman–Crippen MR) is 52.0 cm³/mol. The van der Waals surface area contributed by atoms with E-state index in [-0.39, 0.29) is 5.97 Å². The van der Waals surface area contributed by atoms with Crippen molar-refractivity contribution in [1.82, 2.24) is 0 Å². The van der Waals surface area contributed by atoms with Crippen LogP contribution in [-0.4, -0.2) is 12.6 Å². The molecule has 0 aromatic heterocycles. The Bertz CT molecular complexity index is 108. The Morgan fingerprint density at radius 2 is 2.08 bits per heavy atom. The van der Waals surface area contributed by atoms with Crippen molar-refractivity contribution in [1.29, 1.82) is 0 Å². The quantitative estimate of drug-likeness (QED) is 0.370. The van der Waals surface area contributed by atoms with Gasteiger partial charge in [-0.15, -0.1) is 6.58 Å². The number of carbonyl (C=O) groups is 1. The number of hydrogen-bond acceptors (Lipinski definition) is 2. The highest BCUT2D eigenvalue weighted by Crippen LogP contribution is 1.91. The van der Waals surface area contributed by atoms with Crippen LogP contribution in [0.3, 0.4) is 0 Å². The summed E-state index contributed by atoms with van der Waals surface area (Å²) in [7, 11) is 0. The van der Waals surface area contributed by atoms with Crippen LogP contribution >= 0.6 is 0 Å². The van der Waals surface area contributed by atoms with Crippen LogP contribution < -0.4 is 0 Å². The lowest BCUT2D eigenvalue weighted by Gasteiger charge is -1.89. The van der Waals surface area contributed by atoms with Gasteiger partial charge in [-0.3, -0.25) is 4.79 Å². The van der Waals surface area contributed by atoms with Crippen LogP contribution in [0.5, 0.6) is 0 Å². The normalized spacial score (nSPS) is 7.92. The molecule has 0 N–H and O–H groups in total. The molecule has 0 aliphatic rings. The molecule has 0 spiro atoms. The van der Waals surface area contributed by atoms with Crippen LogP contribution in [0, 0.1) is 0 Å². The smallest absolute Gasteiger partial charge is 0.302 e. The summed E-state index contributed by atoms with van der Waals surface area (Å²) in [6.07, 6.45) is 5.72. The van der Waals surface area contributed by atoms with Crippen molar-refractivity contribution in [3.63, 3.8) is 0 Å². The molecule has 0 amide bonds. The highest BCUT2D eigenvalue weighted by atomic mass is 16.5. The van der Waals surface area contributed by atoms with E-state index in [9.17, 15) is 4.79 Å². The molecule has 0 saturated heterocycles. The standard InChI is InChI=1S/C6H12.C4H8O2/c1-3-5-6-4-2;1-3-6-4(2)5/h3H,1,4-6H2,2H3;3H2,1-2H3. The first-order chi connectivity index (χ1) is 5.68. The van der Waals surface area contributed by atoms with Gasteiger partial charge in [0, 0.05) is 6.92 Å². The monoisotopic (exact) mass is 172 g/mol. The van der Waals surface area contributed by atoms with Crippen molar-refractivity contribution < 1.29 is 9.53 Å². The third kappa shape index (κ3) is 22.9. The zero-order valence-corrected chi connectivity index (χ0v) is 8.43. The number of unbranched alkanes of at least 4 members (excludes halogenated alkanes) is 2. The lowest BCUT2D eigenvalue weighted by molar-refractivity contribution is -0.140. The molecule has 0 aromatic carbocycles. The number of allylic oxidation sites excluding steroid dienone is 1. The highest BCUT2D eigenvalue weighted by Gasteiger charge is 1.81. The first kappa shape index (κ1) is 13.8. The molecule has 2 nitrogen and oxygen atoms in total. The lowest BCUT2D eigenvalue weighted by atomic mass is 10.3. The van der Waals surface area contributed by atoms with Gasteiger partial charge in [-0.05, 0) is 13.3 Å². The average Bonchev–Trinajstić information content (AvgIpc) is 2.02. The maximum Gasteiger partial charge on any atom is 0.302 e. The molecular weight excluding hydrogens is 152 g/mol. The second kappa shape index (κ2) is 12.8. The number of ether oxygens (including phenoxy) is 1. The minimum absolute atomic E-state index is 0.211. The fourth-order valence-electron chi connectivity index (χ4n) is 0.552. The first-order valence-electron chi connectivity index (χ1n) is 4.43. The van der Waals surface area contributed by atoms with Crippen LogP contribution in [0.25, 0.3) is 0 Å². The molecular formula is C10H20O2. The topological polar surface area (TPSA) is 26.3 Å². The summed E-state index contributed by atoms with van der Waals surface area (Å²) < 4.78 is 4.40. The Hall–Kier alpha value is -0.790. The summed E-state index contributed by atoms with van der Waals surface area (Å²) >= 11 is 0. The zero-order chi connectivity index (χ0) is 9.82. The Balaban J connectivity index is 0. The van der Waals surface area contributed by atoms with Crippen LogP contribution in [-0.2, 0) is 9.53 Å². The second-order valence-corrected chi connectivity index (χ2v) is 2.36. The minimum Gasteiger partial charge on any atom is -0.466 e. The Kier molecular flexibility index (Phi) is 14.8. The van der Waals surface area contributed by atoms with E-state index in [0.717, 1.165) is 0 Å². The summed E-state index contributed by atoms with van der Waals surface area (Å²) in [4.78, 5) is 9.82. The molecule has 0 saturated carbocycles. The third-order valence-corrected chi connectivity index (χ3v) is 1.11. The van der Waals surface area contributed by atoms with Gasteiger partial charge in [0.25, 0.3) is 0 Å². The van der Waals surface area contributed by atoms with Gasteiger partial charge in [0.05, 0.1) is 6.61 Å². The van der Waals surface area contributed by atoms with Crippen LogP contribution in [0.15, 0.2) is 12.7 Å². The van der Waals surface area contributed by atoms with E-state index in [1.807, 2.05) is 6.08 Å². The molecule has 12 heavy (non-hydrogen) atoms. The molecule has 0 fully saturated rings. The van der Waals surface area contributed by atoms with E-state index in [1.54, 1.807) is 6.92 Å². The summed E-state index contributed by atoms with van der Waals surface area (Å²) in [5.41, 5.74) is 0. The van der Waals surface area contributed by atoms with Gasteiger partial charge in [0.2, 0.25) is 0 Å². The molecule has 0 aromatic rings. The first-order valence-corrected chi connectivity index (χ1v) is 4.43. The van der Waals surface area contributed by atoms with E-state index >= 15 is 0 Å². The van der Waals surface area contributed by atoms with Gasteiger partial charge >= 0.3 is 5.97 Å². The van der Waals surface area contributed by atoms with E-state index in [0.29, 0.717) is 6.61 Å². The number of esters is 1. The van der Waals surface area contributed by atoms with E-state index in [2.05, 4.69) is 18.2 Å². The number of rotatable bonds is 4. The summed E-state index contributed by atoms with van der Waals surface area (Å²) in [6.45, 7) is 9.44. The van der Waals surface area contributed by atoms with Crippen molar-refractivity contribution in [3.05, 3.63) is 12.7 Å². The Labute approximate surface area is 75.6 Å². The molecule has 0 atom stereocenters. The van der Waals surface area contributed by atoms with Gasteiger partial charge in [0.15, 0.2) is 0 Å². The molecule has 0 radical (unpaired) electrons. The van der Waals surface area contributed by atoms with Gasteiger partial charge in [-0.2, -0.15) is 0 Å². The van der Waals surface area contributed by atoms with Crippen molar-refractivity contribution in [2.75, 3.05) is 6.61 Å². The zero-order valence-electron chi connectivity index (χ0n) is 8.43. The van der Waals surface area contributed by atoms with Gasteiger partial charge < -0.3 is 4.74 Å². The average molecular weight is 172 g/mol. The summed E-state index contributed by atoms with van der Waals surface area (Å²) in [6, 6.07) is 0. The molecule has 0 unspecified atom stereocenters. The predicted octanol–water partition coefficient (Wildman–Crippen LogP) is 2.93. The number of carbonyl (C=O) groups excluding carboxylic acids is 1. The van der Waals surface area contributed by atoms with E-state index in [4.69, 9.17) is 0 Å². The maximum atomic E-state index is 9.82. The summed E-state index contributed by atoms with van der Waals surface area (Å²) in [5.74, 6) is -0.211. The van der Waals surface area contributed by atoms with E-state index in [1.165, 1.54) is 26.2 Å². The minimum atomic E-state index is -0.211. The molecule has 2 heteroatoms. The second-order valence-electron chi connectivity index (χ2n) is 2.36.